The summed E-state index contributed by atoms with van der Waals surface area (Å²) in [6.45, 7) is 7.25. The van der Waals surface area contributed by atoms with Gasteiger partial charge in [0, 0.05) is 36.1 Å². The summed E-state index contributed by atoms with van der Waals surface area (Å²) in [5.41, 5.74) is 7.68. The number of urea groups is 1. The maximum Gasteiger partial charge on any atom is 0.320 e. The van der Waals surface area contributed by atoms with Crippen LogP contribution in [0, 0.1) is 13.8 Å². The van der Waals surface area contributed by atoms with E-state index in [-0.39, 0.29) is 11.9 Å². The minimum atomic E-state index is -4.33. The van der Waals surface area contributed by atoms with Gasteiger partial charge in [0.2, 0.25) is 5.91 Å². The number of fused-ring (bicyclic) bond motifs is 1. The Hall–Kier alpha value is -4.68. The lowest BCUT2D eigenvalue weighted by molar-refractivity contribution is -0.118. The minimum Gasteiger partial charge on any atom is -0.493 e. The number of nitrogens with one attached hydrogen (secondary N) is 2. The second-order valence-electron chi connectivity index (χ2n) is 11.5. The quantitative estimate of drug-likeness (QED) is 0.137. The molecule has 12 heteroatoms. The highest BCUT2D eigenvalue weighted by molar-refractivity contribution is 7.85. The fourth-order valence-electron chi connectivity index (χ4n) is 5.63. The molecule has 1 aliphatic rings. The monoisotopic (exact) mass is 645 g/mol. The Morgan fingerprint density at radius 2 is 1.87 bits per heavy atom. The van der Waals surface area contributed by atoms with Gasteiger partial charge in [-0.1, -0.05) is 36.4 Å². The number of rotatable bonds is 11. The fourth-order valence-corrected chi connectivity index (χ4v) is 5.94. The number of amides is 3. The minimum absolute atomic E-state index is 0.0899. The molecule has 3 aromatic carbocycles. The van der Waals surface area contributed by atoms with Crippen molar-refractivity contribution in [3.63, 3.8) is 0 Å². The third-order valence-electron chi connectivity index (χ3n) is 8.25. The predicted molar refractivity (Wildman–Crippen MR) is 178 cm³/mol. The fraction of sp³-hybridized carbons (Fsp3) is 0.324. The number of nitrogens with zero attached hydrogens (tertiary/aromatic N) is 3. The van der Waals surface area contributed by atoms with Crippen LogP contribution in [0.2, 0.25) is 0 Å². The van der Waals surface area contributed by atoms with Crippen molar-refractivity contribution < 1.29 is 27.3 Å². The number of aryl methyl sites for hydroxylation is 1. The van der Waals surface area contributed by atoms with Gasteiger partial charge in [0.05, 0.1) is 18.8 Å². The van der Waals surface area contributed by atoms with E-state index in [0.717, 1.165) is 52.1 Å². The van der Waals surface area contributed by atoms with Crippen LogP contribution in [0.4, 0.5) is 16.2 Å². The SMILES string of the molecule is Cc1cccc(OCCCC(=O)N2CCCc3c(-c4cnn(C(C)c5cccc(NC(=O)NCS(=O)(=O)O)c5)c4)cccc32)c1C. The molecule has 3 amide bonds. The summed E-state index contributed by atoms with van der Waals surface area (Å²) in [7, 11) is -4.33. The molecule has 0 aliphatic carbocycles. The molecule has 0 saturated carbocycles. The van der Waals surface area contributed by atoms with Crippen LogP contribution in [0.15, 0.2) is 73.1 Å². The van der Waals surface area contributed by atoms with Crippen LogP contribution in [0.3, 0.4) is 0 Å². The first-order chi connectivity index (χ1) is 22.0. The molecule has 0 fully saturated rings. The highest BCUT2D eigenvalue weighted by Crippen LogP contribution is 2.36. The van der Waals surface area contributed by atoms with Crippen LogP contribution in [0.25, 0.3) is 11.1 Å². The molecule has 11 nitrogen and oxygen atoms in total. The maximum absolute atomic E-state index is 13.4. The maximum atomic E-state index is 13.4. The molecule has 1 atom stereocenters. The lowest BCUT2D eigenvalue weighted by atomic mass is 9.93. The van der Waals surface area contributed by atoms with Crippen molar-refractivity contribution in [1.29, 1.82) is 0 Å². The number of ether oxygens (including phenoxy) is 1. The molecule has 0 spiro atoms. The number of carbonyl (C=O) groups excluding carboxylic acids is 2. The Bertz CT molecular complexity index is 1840. The van der Waals surface area contributed by atoms with E-state index in [2.05, 4.69) is 34.8 Å². The molecular weight excluding hydrogens is 606 g/mol. The second-order valence-corrected chi connectivity index (χ2v) is 12.9. The normalized spacial score (nSPS) is 13.5. The third kappa shape index (κ3) is 7.93. The molecule has 1 aromatic heterocycles. The molecule has 5 rings (SSSR count). The van der Waals surface area contributed by atoms with Crippen LogP contribution < -0.4 is 20.3 Å². The van der Waals surface area contributed by atoms with E-state index < -0.39 is 22.0 Å². The highest BCUT2D eigenvalue weighted by Gasteiger charge is 2.25. The molecule has 242 valence electrons. The van der Waals surface area contributed by atoms with Gasteiger partial charge in [-0.15, -0.1) is 0 Å². The lowest BCUT2D eigenvalue weighted by Crippen LogP contribution is -2.35. The number of benzene rings is 3. The van der Waals surface area contributed by atoms with Crippen LogP contribution in [-0.2, 0) is 21.3 Å². The van der Waals surface area contributed by atoms with Gasteiger partial charge in [-0.25, -0.2) is 4.79 Å². The van der Waals surface area contributed by atoms with Crippen LogP contribution in [0.5, 0.6) is 5.75 Å². The Morgan fingerprint density at radius 1 is 1.09 bits per heavy atom. The lowest BCUT2D eigenvalue weighted by Gasteiger charge is -2.31. The molecule has 1 aliphatic heterocycles. The van der Waals surface area contributed by atoms with E-state index in [0.29, 0.717) is 31.7 Å². The van der Waals surface area contributed by atoms with Crippen molar-refractivity contribution in [3.05, 3.63) is 95.3 Å². The van der Waals surface area contributed by atoms with E-state index in [1.54, 1.807) is 18.2 Å². The van der Waals surface area contributed by atoms with Gasteiger partial charge >= 0.3 is 6.03 Å². The molecule has 4 aromatic rings. The average molecular weight is 646 g/mol. The zero-order valence-corrected chi connectivity index (χ0v) is 27.0. The summed E-state index contributed by atoms with van der Waals surface area (Å²) in [5, 5.41) is 9.30. The van der Waals surface area contributed by atoms with Crippen LogP contribution in [-0.4, -0.2) is 53.7 Å². The van der Waals surface area contributed by atoms with Gasteiger partial charge in [0.15, 0.2) is 0 Å². The zero-order valence-electron chi connectivity index (χ0n) is 26.2. The number of aromatic nitrogens is 2. The third-order valence-corrected chi connectivity index (χ3v) is 8.76. The van der Waals surface area contributed by atoms with Gasteiger partial charge in [-0.2, -0.15) is 13.5 Å². The van der Waals surface area contributed by atoms with Crippen molar-refractivity contribution in [1.82, 2.24) is 15.1 Å². The average Bonchev–Trinajstić information content (AvgIpc) is 3.53. The van der Waals surface area contributed by atoms with Crippen molar-refractivity contribution in [3.8, 4) is 16.9 Å². The molecule has 1 unspecified atom stereocenters. The van der Waals surface area contributed by atoms with Crippen molar-refractivity contribution in [2.45, 2.75) is 52.5 Å². The van der Waals surface area contributed by atoms with Gasteiger partial charge < -0.3 is 20.3 Å². The topological polar surface area (TPSA) is 143 Å². The molecule has 0 saturated heterocycles. The Balaban J connectivity index is 1.24. The number of anilines is 2. The smallest absolute Gasteiger partial charge is 0.320 e. The van der Waals surface area contributed by atoms with Crippen molar-refractivity contribution in [2.24, 2.45) is 0 Å². The zero-order chi connectivity index (χ0) is 32.8. The molecule has 2 heterocycles. The van der Waals surface area contributed by atoms with Gasteiger partial charge in [0.1, 0.15) is 11.6 Å². The molecule has 0 bridgehead atoms. The Kier molecular flexibility index (Phi) is 10.1. The summed E-state index contributed by atoms with van der Waals surface area (Å²) in [6, 6.07) is 18.3. The van der Waals surface area contributed by atoms with E-state index in [1.165, 1.54) is 5.56 Å². The summed E-state index contributed by atoms with van der Waals surface area (Å²) in [5.74, 6) is 0.0662. The summed E-state index contributed by atoms with van der Waals surface area (Å²) in [6.07, 6.45) is 6.57. The van der Waals surface area contributed by atoms with E-state index in [1.807, 2.05) is 66.2 Å². The molecular formula is C34H39N5O6S. The van der Waals surface area contributed by atoms with Gasteiger partial charge in [-0.3, -0.25) is 14.0 Å². The van der Waals surface area contributed by atoms with Gasteiger partial charge in [0.25, 0.3) is 10.1 Å². The first-order valence-corrected chi connectivity index (χ1v) is 16.9. The van der Waals surface area contributed by atoms with Crippen molar-refractivity contribution in [2.75, 3.05) is 29.2 Å². The molecule has 0 radical (unpaired) electrons. The van der Waals surface area contributed by atoms with Crippen LogP contribution >= 0.6 is 0 Å². The van der Waals surface area contributed by atoms with Crippen LogP contribution in [0.1, 0.15) is 54.5 Å². The summed E-state index contributed by atoms with van der Waals surface area (Å²) in [4.78, 5) is 27.3. The number of carbonyl (C=O) groups is 2. The number of hydrogen-bond acceptors (Lipinski definition) is 6. The highest BCUT2D eigenvalue weighted by atomic mass is 32.2. The molecule has 3 N–H and O–H groups in total. The summed E-state index contributed by atoms with van der Waals surface area (Å²) >= 11 is 0. The first kappa shape index (κ1) is 32.7. The van der Waals surface area contributed by atoms with E-state index >= 15 is 0 Å². The Labute approximate surface area is 269 Å². The van der Waals surface area contributed by atoms with E-state index in [4.69, 9.17) is 9.29 Å². The van der Waals surface area contributed by atoms with Crippen molar-refractivity contribution >= 4 is 33.4 Å². The number of hydrogen-bond donors (Lipinski definition) is 3. The first-order valence-electron chi connectivity index (χ1n) is 15.3. The molecule has 46 heavy (non-hydrogen) atoms. The van der Waals surface area contributed by atoms with Gasteiger partial charge in [-0.05, 0) is 92.1 Å². The van der Waals surface area contributed by atoms with E-state index in [9.17, 15) is 18.0 Å². The Morgan fingerprint density at radius 3 is 2.67 bits per heavy atom. The predicted octanol–water partition coefficient (Wildman–Crippen LogP) is 5.88. The summed E-state index contributed by atoms with van der Waals surface area (Å²) < 4.78 is 38.5. The second kappa shape index (κ2) is 14.2. The standard InChI is InChI=1S/C34H39N5O6S/c1-23-9-4-15-32(24(23)2)45-18-8-16-33(40)38-17-7-13-30-29(12-6-14-31(30)38)27-20-36-39(21-27)25(3)26-10-5-11-28(19-26)37-34(41)35-22-46(42,43)44/h4-6,9-12,14-15,19-21,25H,7-8,13,16-18,22H2,1-3H3,(H2,35,37,41)(H,42,43,44). The largest absolute Gasteiger partial charge is 0.493 e.